The molecule has 1 aliphatic rings. The summed E-state index contributed by atoms with van der Waals surface area (Å²) < 4.78 is 0. The van der Waals surface area contributed by atoms with E-state index in [9.17, 15) is 0 Å². The third-order valence-electron chi connectivity index (χ3n) is 2.81. The van der Waals surface area contributed by atoms with Gasteiger partial charge in [-0.25, -0.2) is 0 Å². The molecule has 1 saturated carbocycles. The fraction of sp³-hybridized carbons (Fsp3) is 0.636. The van der Waals surface area contributed by atoms with Crippen LogP contribution in [0.25, 0.3) is 0 Å². The second-order valence-electron chi connectivity index (χ2n) is 3.73. The second-order valence-corrected chi connectivity index (χ2v) is 3.73. The van der Waals surface area contributed by atoms with Crippen LogP contribution in [0.3, 0.4) is 0 Å². The van der Waals surface area contributed by atoms with Crippen LogP contribution in [0.5, 0.6) is 0 Å². The third-order valence-corrected chi connectivity index (χ3v) is 2.81. The molecule has 62 valence electrons. The van der Waals surface area contributed by atoms with Crippen molar-refractivity contribution in [2.75, 3.05) is 0 Å². The van der Waals surface area contributed by atoms with E-state index in [-0.39, 0.29) is 0 Å². The van der Waals surface area contributed by atoms with Gasteiger partial charge in [-0.2, -0.15) is 0 Å². The van der Waals surface area contributed by atoms with Crippen molar-refractivity contribution in [2.45, 2.75) is 33.6 Å². The maximum absolute atomic E-state index is 4.12. The van der Waals surface area contributed by atoms with Crippen molar-refractivity contribution < 1.29 is 0 Å². The quantitative estimate of drug-likeness (QED) is 0.463. The van der Waals surface area contributed by atoms with Gasteiger partial charge in [-0.15, -0.1) is 0 Å². The van der Waals surface area contributed by atoms with E-state index in [1.165, 1.54) is 18.4 Å². The SMILES string of the molecule is C=C1C(C)CC(=CC)CC1C. The minimum absolute atomic E-state index is 0.699. The molecule has 0 N–H and O–H groups in total. The average Bonchev–Trinajstić information content (AvgIpc) is 1.99. The molecule has 2 unspecified atom stereocenters. The van der Waals surface area contributed by atoms with Gasteiger partial charge in [0.15, 0.2) is 0 Å². The molecule has 0 heteroatoms. The molecule has 1 rings (SSSR count). The molecule has 0 spiro atoms. The molecule has 2 atom stereocenters. The number of hydrogen-bond donors (Lipinski definition) is 0. The fourth-order valence-electron chi connectivity index (χ4n) is 1.85. The summed E-state index contributed by atoms with van der Waals surface area (Å²) in [6.45, 7) is 10.8. The van der Waals surface area contributed by atoms with Crippen molar-refractivity contribution in [3.05, 3.63) is 23.8 Å². The lowest BCUT2D eigenvalue weighted by molar-refractivity contribution is 0.482. The predicted octanol–water partition coefficient (Wildman–Crippen LogP) is 3.55. The van der Waals surface area contributed by atoms with Crippen LogP contribution >= 0.6 is 0 Å². The molecule has 0 amide bonds. The first-order chi connectivity index (χ1) is 5.15. The van der Waals surface area contributed by atoms with Crippen LogP contribution in [0.15, 0.2) is 23.8 Å². The van der Waals surface area contributed by atoms with Crippen LogP contribution in [-0.4, -0.2) is 0 Å². The summed E-state index contributed by atoms with van der Waals surface area (Å²) in [5, 5.41) is 0. The largest absolute Gasteiger partial charge is 0.0993 e. The van der Waals surface area contributed by atoms with Gasteiger partial charge in [0.25, 0.3) is 0 Å². The summed E-state index contributed by atoms with van der Waals surface area (Å²) >= 11 is 0. The van der Waals surface area contributed by atoms with Crippen molar-refractivity contribution in [1.82, 2.24) is 0 Å². The first-order valence-corrected chi connectivity index (χ1v) is 4.48. The Bertz CT molecular complexity index is 170. The molecule has 1 fully saturated rings. The van der Waals surface area contributed by atoms with Gasteiger partial charge in [0.05, 0.1) is 0 Å². The normalized spacial score (nSPS) is 32.3. The van der Waals surface area contributed by atoms with Crippen LogP contribution in [0.2, 0.25) is 0 Å². The number of hydrogen-bond acceptors (Lipinski definition) is 0. The molecular formula is C11H18. The Labute approximate surface area is 70.0 Å². The van der Waals surface area contributed by atoms with E-state index in [4.69, 9.17) is 0 Å². The molecule has 0 aliphatic heterocycles. The number of allylic oxidation sites excluding steroid dienone is 3. The van der Waals surface area contributed by atoms with Crippen molar-refractivity contribution in [2.24, 2.45) is 11.8 Å². The van der Waals surface area contributed by atoms with E-state index in [0.717, 1.165) is 0 Å². The summed E-state index contributed by atoms with van der Waals surface area (Å²) in [5.41, 5.74) is 3.05. The third kappa shape index (κ3) is 1.74. The molecule has 1 aliphatic carbocycles. The van der Waals surface area contributed by atoms with Crippen molar-refractivity contribution in [1.29, 1.82) is 0 Å². The summed E-state index contributed by atoms with van der Waals surface area (Å²) in [7, 11) is 0. The molecule has 0 radical (unpaired) electrons. The van der Waals surface area contributed by atoms with E-state index in [1.807, 2.05) is 0 Å². The molecule has 0 aromatic rings. The summed E-state index contributed by atoms with van der Waals surface area (Å²) in [6.07, 6.45) is 4.73. The Balaban J connectivity index is 2.70. The van der Waals surface area contributed by atoms with E-state index >= 15 is 0 Å². The Morgan fingerprint density at radius 2 is 1.73 bits per heavy atom. The van der Waals surface area contributed by atoms with Crippen molar-refractivity contribution in [3.8, 4) is 0 Å². The van der Waals surface area contributed by atoms with Gasteiger partial charge in [0.2, 0.25) is 0 Å². The second kappa shape index (κ2) is 3.25. The predicted molar refractivity (Wildman–Crippen MR) is 50.5 cm³/mol. The molecule has 0 saturated heterocycles. The summed E-state index contributed by atoms with van der Waals surface area (Å²) in [6, 6.07) is 0. The molecule has 0 heterocycles. The highest BCUT2D eigenvalue weighted by atomic mass is 14.3. The molecular weight excluding hydrogens is 132 g/mol. The van der Waals surface area contributed by atoms with Gasteiger partial charge in [0.1, 0.15) is 0 Å². The van der Waals surface area contributed by atoms with Gasteiger partial charge in [-0.1, -0.05) is 37.6 Å². The lowest BCUT2D eigenvalue weighted by atomic mass is 9.77. The Morgan fingerprint density at radius 1 is 1.27 bits per heavy atom. The lowest BCUT2D eigenvalue weighted by Crippen LogP contribution is -2.15. The Hall–Kier alpha value is -0.520. The smallest absolute Gasteiger partial charge is 0.0194 e. The van der Waals surface area contributed by atoms with E-state index < -0.39 is 0 Å². The van der Waals surface area contributed by atoms with Gasteiger partial charge < -0.3 is 0 Å². The van der Waals surface area contributed by atoms with Crippen molar-refractivity contribution in [3.63, 3.8) is 0 Å². The topological polar surface area (TPSA) is 0 Å². The monoisotopic (exact) mass is 150 g/mol. The van der Waals surface area contributed by atoms with E-state index in [2.05, 4.69) is 33.4 Å². The maximum atomic E-state index is 4.12. The first kappa shape index (κ1) is 8.58. The highest BCUT2D eigenvalue weighted by Crippen LogP contribution is 2.35. The van der Waals surface area contributed by atoms with Crippen LogP contribution in [-0.2, 0) is 0 Å². The highest BCUT2D eigenvalue weighted by Gasteiger charge is 2.21. The van der Waals surface area contributed by atoms with Gasteiger partial charge >= 0.3 is 0 Å². The Kier molecular flexibility index (Phi) is 2.53. The zero-order valence-corrected chi connectivity index (χ0v) is 7.85. The van der Waals surface area contributed by atoms with Gasteiger partial charge in [-0.05, 0) is 31.6 Å². The minimum Gasteiger partial charge on any atom is -0.0993 e. The van der Waals surface area contributed by atoms with Crippen LogP contribution in [0.1, 0.15) is 33.6 Å². The average molecular weight is 150 g/mol. The molecule has 0 bridgehead atoms. The molecule has 0 aromatic heterocycles. The Morgan fingerprint density at radius 3 is 2.09 bits per heavy atom. The zero-order valence-electron chi connectivity index (χ0n) is 7.85. The zero-order chi connectivity index (χ0) is 8.43. The highest BCUT2D eigenvalue weighted by molar-refractivity contribution is 5.18. The molecule has 11 heavy (non-hydrogen) atoms. The van der Waals surface area contributed by atoms with Crippen LogP contribution in [0, 0.1) is 11.8 Å². The minimum atomic E-state index is 0.699. The van der Waals surface area contributed by atoms with Crippen LogP contribution < -0.4 is 0 Å². The van der Waals surface area contributed by atoms with Crippen LogP contribution in [0.4, 0.5) is 0 Å². The van der Waals surface area contributed by atoms with Crippen molar-refractivity contribution >= 4 is 0 Å². The summed E-state index contributed by atoms with van der Waals surface area (Å²) in [5.74, 6) is 1.40. The molecule has 0 nitrogen and oxygen atoms in total. The maximum Gasteiger partial charge on any atom is -0.0194 e. The molecule has 0 aromatic carbocycles. The standard InChI is InChI=1S/C11H18/c1-5-11-6-8(2)10(4)9(3)7-11/h5,8-9H,4,6-7H2,1-3H3. The first-order valence-electron chi connectivity index (χ1n) is 4.48. The van der Waals surface area contributed by atoms with E-state index in [1.54, 1.807) is 5.57 Å². The van der Waals surface area contributed by atoms with Gasteiger partial charge in [0, 0.05) is 0 Å². The van der Waals surface area contributed by atoms with Gasteiger partial charge in [-0.3, -0.25) is 0 Å². The fourth-order valence-corrected chi connectivity index (χ4v) is 1.85. The lowest BCUT2D eigenvalue weighted by Gasteiger charge is -2.29. The van der Waals surface area contributed by atoms with E-state index in [0.29, 0.717) is 11.8 Å². The number of rotatable bonds is 0. The summed E-state index contributed by atoms with van der Waals surface area (Å²) in [4.78, 5) is 0.